The van der Waals surface area contributed by atoms with Gasteiger partial charge in [0.05, 0.1) is 0 Å². The lowest BCUT2D eigenvalue weighted by molar-refractivity contribution is -0.119. The number of rotatable bonds is 6. The van der Waals surface area contributed by atoms with E-state index in [1.165, 1.54) is 12.1 Å². The molecule has 0 aromatic heterocycles. The molecule has 0 aliphatic heterocycles. The second kappa shape index (κ2) is 8.81. The molecule has 5 nitrogen and oxygen atoms in total. The second-order valence-corrected chi connectivity index (χ2v) is 5.99. The minimum absolute atomic E-state index is 0.195. The number of para-hydroxylation sites is 2. The van der Waals surface area contributed by atoms with Crippen LogP contribution in [0.3, 0.4) is 0 Å². The van der Waals surface area contributed by atoms with Crippen LogP contribution in [0.5, 0.6) is 11.5 Å². The summed E-state index contributed by atoms with van der Waals surface area (Å²) in [6.07, 6.45) is 0. The molecule has 142 valence electrons. The van der Waals surface area contributed by atoms with Crippen LogP contribution in [0.15, 0.2) is 72.8 Å². The lowest BCUT2D eigenvalue weighted by Gasteiger charge is -2.11. The smallest absolute Gasteiger partial charge is 0.342 e. The fourth-order valence-corrected chi connectivity index (χ4v) is 2.46. The number of amides is 1. The van der Waals surface area contributed by atoms with E-state index in [-0.39, 0.29) is 5.56 Å². The van der Waals surface area contributed by atoms with Gasteiger partial charge in [0.25, 0.3) is 5.91 Å². The number of carbonyl (C=O) groups excluding carboxylic acids is 2. The van der Waals surface area contributed by atoms with Crippen molar-refractivity contribution in [2.75, 3.05) is 11.9 Å². The van der Waals surface area contributed by atoms with Crippen LogP contribution in [0.1, 0.15) is 15.9 Å². The van der Waals surface area contributed by atoms with Crippen LogP contribution in [0.25, 0.3) is 0 Å². The first-order valence-corrected chi connectivity index (χ1v) is 8.58. The van der Waals surface area contributed by atoms with E-state index in [2.05, 4.69) is 5.32 Å². The molecule has 3 aromatic carbocycles. The molecule has 0 spiro atoms. The Kier molecular flexibility index (Phi) is 6.01. The summed E-state index contributed by atoms with van der Waals surface area (Å²) >= 11 is 0. The Hall–Kier alpha value is -3.67. The number of halogens is 1. The summed E-state index contributed by atoms with van der Waals surface area (Å²) in [5.74, 6) is -0.840. The van der Waals surface area contributed by atoms with E-state index in [0.29, 0.717) is 22.7 Å². The van der Waals surface area contributed by atoms with E-state index in [0.717, 1.165) is 0 Å². The molecule has 0 saturated carbocycles. The van der Waals surface area contributed by atoms with E-state index < -0.39 is 24.3 Å². The molecular weight excluding hydrogens is 361 g/mol. The summed E-state index contributed by atoms with van der Waals surface area (Å²) in [4.78, 5) is 24.4. The summed E-state index contributed by atoms with van der Waals surface area (Å²) in [6, 6.07) is 19.7. The lowest BCUT2D eigenvalue weighted by atomic mass is 10.2. The van der Waals surface area contributed by atoms with Gasteiger partial charge in [-0.3, -0.25) is 4.79 Å². The molecular formula is C22H18FNO4. The number of carbonyl (C=O) groups is 2. The van der Waals surface area contributed by atoms with Crippen molar-refractivity contribution in [1.82, 2.24) is 0 Å². The van der Waals surface area contributed by atoms with Crippen molar-refractivity contribution in [3.05, 3.63) is 89.7 Å². The van der Waals surface area contributed by atoms with Gasteiger partial charge in [0, 0.05) is 5.69 Å². The predicted octanol–water partition coefficient (Wildman–Crippen LogP) is 4.72. The third-order valence-corrected chi connectivity index (χ3v) is 3.89. The van der Waals surface area contributed by atoms with Crippen LogP contribution < -0.4 is 10.1 Å². The Morgan fingerprint density at radius 3 is 2.46 bits per heavy atom. The maximum absolute atomic E-state index is 13.3. The van der Waals surface area contributed by atoms with Gasteiger partial charge in [0.2, 0.25) is 0 Å². The highest BCUT2D eigenvalue weighted by molar-refractivity contribution is 5.97. The molecule has 0 saturated heterocycles. The Balaban J connectivity index is 1.63. The highest BCUT2D eigenvalue weighted by Crippen LogP contribution is 2.25. The maximum Gasteiger partial charge on any atom is 0.342 e. The second-order valence-electron chi connectivity index (χ2n) is 5.99. The van der Waals surface area contributed by atoms with Gasteiger partial charge in [-0.15, -0.1) is 0 Å². The number of hydrogen-bond acceptors (Lipinski definition) is 4. The largest absolute Gasteiger partial charge is 0.456 e. The first-order chi connectivity index (χ1) is 13.5. The number of aryl methyl sites for hydroxylation is 1. The molecule has 0 fully saturated rings. The Bertz CT molecular complexity index is 989. The fourth-order valence-electron chi connectivity index (χ4n) is 2.46. The summed E-state index contributed by atoms with van der Waals surface area (Å²) < 4.78 is 24.1. The van der Waals surface area contributed by atoms with Gasteiger partial charge < -0.3 is 14.8 Å². The summed E-state index contributed by atoms with van der Waals surface area (Å²) in [6.45, 7) is 1.23. The van der Waals surface area contributed by atoms with Crippen molar-refractivity contribution < 1.29 is 23.5 Å². The SMILES string of the molecule is Cc1ccc(F)cc1NC(=O)COC(=O)c1ccccc1Oc1ccccc1. The Morgan fingerprint density at radius 2 is 1.68 bits per heavy atom. The van der Waals surface area contributed by atoms with E-state index in [9.17, 15) is 14.0 Å². The monoisotopic (exact) mass is 379 g/mol. The first-order valence-electron chi connectivity index (χ1n) is 8.58. The van der Waals surface area contributed by atoms with Crippen LogP contribution in [-0.4, -0.2) is 18.5 Å². The third kappa shape index (κ3) is 4.94. The number of anilines is 1. The number of ether oxygens (including phenoxy) is 2. The minimum Gasteiger partial charge on any atom is -0.456 e. The molecule has 1 N–H and O–H groups in total. The molecule has 6 heteroatoms. The highest BCUT2D eigenvalue weighted by atomic mass is 19.1. The van der Waals surface area contributed by atoms with Crippen molar-refractivity contribution in [1.29, 1.82) is 0 Å². The molecule has 1 amide bonds. The van der Waals surface area contributed by atoms with Crippen LogP contribution >= 0.6 is 0 Å². The van der Waals surface area contributed by atoms with Crippen LogP contribution in [0.2, 0.25) is 0 Å². The first kappa shape index (κ1) is 19.1. The van der Waals surface area contributed by atoms with Crippen molar-refractivity contribution in [2.24, 2.45) is 0 Å². The molecule has 0 aliphatic carbocycles. The topological polar surface area (TPSA) is 64.6 Å². The zero-order valence-corrected chi connectivity index (χ0v) is 15.1. The predicted molar refractivity (Wildman–Crippen MR) is 103 cm³/mol. The zero-order valence-electron chi connectivity index (χ0n) is 15.1. The van der Waals surface area contributed by atoms with Crippen molar-refractivity contribution in [3.8, 4) is 11.5 Å². The van der Waals surface area contributed by atoms with Gasteiger partial charge in [0.15, 0.2) is 6.61 Å². The van der Waals surface area contributed by atoms with E-state index in [1.807, 2.05) is 18.2 Å². The highest BCUT2D eigenvalue weighted by Gasteiger charge is 2.16. The van der Waals surface area contributed by atoms with Gasteiger partial charge in [-0.25, -0.2) is 9.18 Å². The normalized spacial score (nSPS) is 10.2. The Labute approximate surface area is 161 Å². The summed E-state index contributed by atoms with van der Waals surface area (Å²) in [5.41, 5.74) is 1.22. The average Bonchev–Trinajstić information content (AvgIpc) is 2.70. The third-order valence-electron chi connectivity index (χ3n) is 3.89. The lowest BCUT2D eigenvalue weighted by Crippen LogP contribution is -2.21. The van der Waals surface area contributed by atoms with E-state index in [4.69, 9.17) is 9.47 Å². The molecule has 28 heavy (non-hydrogen) atoms. The van der Waals surface area contributed by atoms with Gasteiger partial charge in [-0.2, -0.15) is 0 Å². The van der Waals surface area contributed by atoms with Crippen LogP contribution in [0, 0.1) is 12.7 Å². The summed E-state index contributed by atoms with van der Waals surface area (Å²) in [5, 5.41) is 2.52. The number of hydrogen-bond donors (Lipinski definition) is 1. The number of benzene rings is 3. The fraction of sp³-hybridized carbons (Fsp3) is 0.0909. The van der Waals surface area contributed by atoms with Gasteiger partial charge in [-0.05, 0) is 48.9 Å². The van der Waals surface area contributed by atoms with E-state index in [1.54, 1.807) is 49.4 Å². The van der Waals surface area contributed by atoms with E-state index >= 15 is 0 Å². The van der Waals surface area contributed by atoms with Gasteiger partial charge >= 0.3 is 5.97 Å². The molecule has 0 atom stereocenters. The molecule has 0 heterocycles. The molecule has 0 unspecified atom stereocenters. The molecule has 3 rings (SSSR count). The van der Waals surface area contributed by atoms with Gasteiger partial charge in [0.1, 0.15) is 22.9 Å². The van der Waals surface area contributed by atoms with Crippen LogP contribution in [0.4, 0.5) is 10.1 Å². The molecule has 0 bridgehead atoms. The van der Waals surface area contributed by atoms with Crippen molar-refractivity contribution in [3.63, 3.8) is 0 Å². The van der Waals surface area contributed by atoms with Crippen molar-refractivity contribution >= 4 is 17.6 Å². The van der Waals surface area contributed by atoms with Gasteiger partial charge in [-0.1, -0.05) is 36.4 Å². The quantitative estimate of drug-likeness (QED) is 0.630. The number of esters is 1. The average molecular weight is 379 g/mol. The molecule has 0 aliphatic rings. The zero-order chi connectivity index (χ0) is 19.9. The van der Waals surface area contributed by atoms with Crippen molar-refractivity contribution in [2.45, 2.75) is 6.92 Å². The minimum atomic E-state index is -0.697. The number of nitrogens with one attached hydrogen (secondary N) is 1. The summed E-state index contributed by atoms with van der Waals surface area (Å²) in [7, 11) is 0. The molecule has 3 aromatic rings. The standard InChI is InChI=1S/C22H18FNO4/c1-15-11-12-16(23)13-19(15)24-21(25)14-27-22(26)18-9-5-6-10-20(18)28-17-7-3-2-4-8-17/h2-13H,14H2,1H3,(H,24,25). The maximum atomic E-state index is 13.3. The Morgan fingerprint density at radius 1 is 0.964 bits per heavy atom. The molecule has 0 radical (unpaired) electrons. The van der Waals surface area contributed by atoms with Crippen LogP contribution in [-0.2, 0) is 9.53 Å².